The molecule has 0 bridgehead atoms. The van der Waals surface area contributed by atoms with Gasteiger partial charge in [-0.1, -0.05) is 0 Å². The molecule has 1 saturated heterocycles. The molecule has 1 aliphatic heterocycles. The van der Waals surface area contributed by atoms with Crippen LogP contribution in [0.1, 0.15) is 18.0 Å². The van der Waals surface area contributed by atoms with Crippen LogP contribution in [0, 0.1) is 17.5 Å². The molecule has 0 spiro atoms. The SMILES string of the molecule is Cl.Fc1cc([C@@H](CC(F)(F)F)N2CCNCC2)cc(F)c1F. The van der Waals surface area contributed by atoms with Crippen LogP contribution >= 0.6 is 12.4 Å². The molecule has 1 atom stereocenters. The van der Waals surface area contributed by atoms with E-state index in [0.29, 0.717) is 38.3 Å². The second-order valence-corrected chi connectivity index (χ2v) is 4.92. The first-order valence-corrected chi connectivity index (χ1v) is 6.44. The van der Waals surface area contributed by atoms with E-state index in [2.05, 4.69) is 5.32 Å². The summed E-state index contributed by atoms with van der Waals surface area (Å²) in [5, 5.41) is 2.98. The summed E-state index contributed by atoms with van der Waals surface area (Å²) in [5.74, 6) is -4.63. The van der Waals surface area contributed by atoms with Crippen molar-refractivity contribution in [3.8, 4) is 0 Å². The van der Waals surface area contributed by atoms with Crippen LogP contribution in [0.5, 0.6) is 0 Å². The first-order valence-electron chi connectivity index (χ1n) is 6.44. The largest absolute Gasteiger partial charge is 0.390 e. The van der Waals surface area contributed by atoms with Gasteiger partial charge in [-0.25, -0.2) is 13.2 Å². The number of benzene rings is 1. The smallest absolute Gasteiger partial charge is 0.314 e. The summed E-state index contributed by atoms with van der Waals surface area (Å²) in [7, 11) is 0. The van der Waals surface area contributed by atoms with Crippen molar-refractivity contribution in [3.63, 3.8) is 0 Å². The second-order valence-electron chi connectivity index (χ2n) is 4.92. The van der Waals surface area contributed by atoms with Gasteiger partial charge in [0.1, 0.15) is 0 Å². The van der Waals surface area contributed by atoms with Crippen molar-refractivity contribution in [1.29, 1.82) is 0 Å². The van der Waals surface area contributed by atoms with Gasteiger partial charge in [0.05, 0.1) is 6.42 Å². The van der Waals surface area contributed by atoms with Crippen LogP contribution in [-0.2, 0) is 0 Å². The summed E-state index contributed by atoms with van der Waals surface area (Å²) >= 11 is 0. The van der Waals surface area contributed by atoms with Crippen molar-refractivity contribution < 1.29 is 26.3 Å². The highest BCUT2D eigenvalue weighted by Gasteiger charge is 2.36. The fourth-order valence-electron chi connectivity index (χ4n) is 2.44. The predicted molar refractivity (Wildman–Crippen MR) is 71.4 cm³/mol. The molecule has 126 valence electrons. The molecule has 22 heavy (non-hydrogen) atoms. The number of nitrogens with zero attached hydrogens (tertiary/aromatic N) is 1. The van der Waals surface area contributed by atoms with Crippen molar-refractivity contribution in [2.75, 3.05) is 26.2 Å². The summed E-state index contributed by atoms with van der Waals surface area (Å²) in [6.45, 7) is 1.61. The quantitative estimate of drug-likeness (QED) is 0.665. The van der Waals surface area contributed by atoms with Crippen LogP contribution in [0.3, 0.4) is 0 Å². The lowest BCUT2D eigenvalue weighted by atomic mass is 10.00. The minimum atomic E-state index is -4.49. The molecule has 1 N–H and O–H groups in total. The highest BCUT2D eigenvalue weighted by atomic mass is 35.5. The molecule has 0 unspecified atom stereocenters. The third-order valence-electron chi connectivity index (χ3n) is 3.41. The van der Waals surface area contributed by atoms with E-state index < -0.39 is 36.1 Å². The molecule has 2 rings (SSSR count). The van der Waals surface area contributed by atoms with Crippen LogP contribution in [0.4, 0.5) is 26.3 Å². The minimum Gasteiger partial charge on any atom is -0.314 e. The highest BCUT2D eigenvalue weighted by molar-refractivity contribution is 5.85. The van der Waals surface area contributed by atoms with E-state index in [9.17, 15) is 26.3 Å². The van der Waals surface area contributed by atoms with E-state index in [1.165, 1.54) is 4.90 Å². The van der Waals surface area contributed by atoms with E-state index in [-0.39, 0.29) is 18.0 Å². The summed E-state index contributed by atoms with van der Waals surface area (Å²) in [5.41, 5.74) is -0.203. The van der Waals surface area contributed by atoms with Gasteiger partial charge in [-0.15, -0.1) is 12.4 Å². The van der Waals surface area contributed by atoms with E-state index >= 15 is 0 Å². The van der Waals surface area contributed by atoms with E-state index in [1.54, 1.807) is 0 Å². The Bertz CT molecular complexity index is 479. The van der Waals surface area contributed by atoms with Gasteiger partial charge >= 0.3 is 6.18 Å². The number of piperazine rings is 1. The average molecular weight is 349 g/mol. The van der Waals surface area contributed by atoms with Crippen LogP contribution in [0.2, 0.25) is 0 Å². The van der Waals surface area contributed by atoms with Crippen molar-refractivity contribution >= 4 is 12.4 Å². The van der Waals surface area contributed by atoms with E-state index in [0.717, 1.165) is 0 Å². The Morgan fingerprint density at radius 1 is 1.05 bits per heavy atom. The fourth-order valence-corrected chi connectivity index (χ4v) is 2.44. The Kier molecular flexibility index (Phi) is 6.51. The van der Waals surface area contributed by atoms with Crippen molar-refractivity contribution in [2.45, 2.75) is 18.6 Å². The Hall–Kier alpha value is -0.990. The van der Waals surface area contributed by atoms with Gasteiger partial charge in [-0.05, 0) is 17.7 Å². The van der Waals surface area contributed by atoms with Crippen molar-refractivity contribution in [1.82, 2.24) is 10.2 Å². The van der Waals surface area contributed by atoms with Gasteiger partial charge in [0, 0.05) is 32.2 Å². The van der Waals surface area contributed by atoms with Crippen LogP contribution < -0.4 is 5.32 Å². The van der Waals surface area contributed by atoms with Gasteiger partial charge in [0.25, 0.3) is 0 Å². The molecule has 0 aromatic heterocycles. The maximum absolute atomic E-state index is 13.3. The topological polar surface area (TPSA) is 15.3 Å². The van der Waals surface area contributed by atoms with Gasteiger partial charge in [0.15, 0.2) is 17.5 Å². The molecule has 9 heteroatoms. The molecule has 2 nitrogen and oxygen atoms in total. The summed E-state index contributed by atoms with van der Waals surface area (Å²) < 4.78 is 77.7. The lowest BCUT2D eigenvalue weighted by molar-refractivity contribution is -0.148. The van der Waals surface area contributed by atoms with Gasteiger partial charge in [-0.3, -0.25) is 4.90 Å². The number of hydrogen-bond acceptors (Lipinski definition) is 2. The molecule has 0 radical (unpaired) electrons. The number of rotatable bonds is 3. The van der Waals surface area contributed by atoms with Crippen molar-refractivity contribution in [3.05, 3.63) is 35.1 Å². The van der Waals surface area contributed by atoms with E-state index in [4.69, 9.17) is 0 Å². The number of hydrogen-bond donors (Lipinski definition) is 1. The van der Waals surface area contributed by atoms with E-state index in [1.807, 2.05) is 0 Å². The lowest BCUT2D eigenvalue weighted by Crippen LogP contribution is -2.46. The third kappa shape index (κ3) is 4.76. The zero-order chi connectivity index (χ0) is 15.6. The molecule has 0 aliphatic carbocycles. The monoisotopic (exact) mass is 348 g/mol. The Balaban J connectivity index is 0.00000242. The third-order valence-corrected chi connectivity index (χ3v) is 3.41. The zero-order valence-corrected chi connectivity index (χ0v) is 12.2. The number of alkyl halides is 3. The molecule has 1 aromatic carbocycles. The highest BCUT2D eigenvalue weighted by Crippen LogP contribution is 2.35. The number of halogens is 7. The van der Waals surface area contributed by atoms with Crippen LogP contribution in [0.15, 0.2) is 12.1 Å². The average Bonchev–Trinajstić information content (AvgIpc) is 2.41. The molecule has 0 amide bonds. The molecule has 1 heterocycles. The summed E-state index contributed by atoms with van der Waals surface area (Å²) in [6.07, 6.45) is -5.73. The Morgan fingerprint density at radius 3 is 2.00 bits per heavy atom. The number of nitrogens with one attached hydrogen (secondary N) is 1. The second kappa shape index (κ2) is 7.52. The summed E-state index contributed by atoms with van der Waals surface area (Å²) in [4.78, 5) is 1.50. The molecule has 1 aromatic rings. The van der Waals surface area contributed by atoms with Crippen LogP contribution in [0.25, 0.3) is 0 Å². The zero-order valence-electron chi connectivity index (χ0n) is 11.4. The normalized spacial score (nSPS) is 17.9. The maximum atomic E-state index is 13.3. The summed E-state index contributed by atoms with van der Waals surface area (Å²) in [6, 6.07) is 0.0463. The lowest BCUT2D eigenvalue weighted by Gasteiger charge is -2.35. The van der Waals surface area contributed by atoms with Gasteiger partial charge in [-0.2, -0.15) is 13.2 Å². The van der Waals surface area contributed by atoms with Gasteiger partial charge in [0.2, 0.25) is 0 Å². The maximum Gasteiger partial charge on any atom is 0.390 e. The van der Waals surface area contributed by atoms with Crippen molar-refractivity contribution in [2.24, 2.45) is 0 Å². The fraction of sp³-hybridized carbons (Fsp3) is 0.538. The van der Waals surface area contributed by atoms with Gasteiger partial charge < -0.3 is 5.32 Å². The molecule has 1 fully saturated rings. The van der Waals surface area contributed by atoms with Crippen LogP contribution in [-0.4, -0.2) is 37.3 Å². The predicted octanol–water partition coefficient (Wildman–Crippen LogP) is 3.42. The Labute approximate surface area is 129 Å². The first-order chi connectivity index (χ1) is 9.78. The molecular weight excluding hydrogens is 334 g/mol. The molecular formula is C13H15ClF6N2. The molecule has 0 saturated carbocycles. The minimum absolute atomic E-state index is 0. The Morgan fingerprint density at radius 2 is 1.55 bits per heavy atom. The standard InChI is InChI=1S/C13H14F6N2.ClH/c14-9-5-8(6-10(15)12(9)16)11(7-13(17,18)19)21-3-1-20-2-4-21;/h5-6,11,20H,1-4,7H2;1H/t11-;/m1./s1. The first kappa shape index (κ1) is 19.1. The molecule has 1 aliphatic rings.